The molecule has 0 saturated carbocycles. The van der Waals surface area contributed by atoms with Crippen LogP contribution in [0.4, 0.5) is 5.69 Å². The molecule has 124 valence electrons. The third kappa shape index (κ3) is 3.46. The molecule has 1 amide bonds. The molecule has 0 fully saturated rings. The van der Waals surface area contributed by atoms with E-state index in [0.717, 1.165) is 17.5 Å². The highest BCUT2D eigenvalue weighted by Crippen LogP contribution is 2.22. The van der Waals surface area contributed by atoms with E-state index in [1.807, 2.05) is 12.1 Å². The van der Waals surface area contributed by atoms with Gasteiger partial charge in [-0.05, 0) is 54.3 Å². The quantitative estimate of drug-likeness (QED) is 0.905. The standard InChI is InChI=1S/C19H19NO4/c1-12(19(22)23)13-3-2-4-17(10-13)20-18(21)15-5-6-16-11-24-8-7-14(16)9-15/h2-6,9-10,12H,7-8,11H2,1H3,(H,20,21)(H,22,23). The average Bonchev–Trinajstić information content (AvgIpc) is 2.60. The lowest BCUT2D eigenvalue weighted by Gasteiger charge is -2.17. The van der Waals surface area contributed by atoms with Crippen LogP contribution < -0.4 is 5.32 Å². The summed E-state index contributed by atoms with van der Waals surface area (Å²) < 4.78 is 5.40. The van der Waals surface area contributed by atoms with Gasteiger partial charge in [-0.2, -0.15) is 0 Å². The van der Waals surface area contributed by atoms with Crippen LogP contribution in [0.3, 0.4) is 0 Å². The van der Waals surface area contributed by atoms with E-state index in [1.54, 1.807) is 37.3 Å². The summed E-state index contributed by atoms with van der Waals surface area (Å²) in [4.78, 5) is 23.5. The molecule has 1 unspecified atom stereocenters. The minimum absolute atomic E-state index is 0.204. The van der Waals surface area contributed by atoms with Crippen molar-refractivity contribution < 1.29 is 19.4 Å². The summed E-state index contributed by atoms with van der Waals surface area (Å²) in [6.45, 7) is 2.88. The van der Waals surface area contributed by atoms with Crippen LogP contribution in [0.5, 0.6) is 0 Å². The molecule has 1 aliphatic rings. The monoisotopic (exact) mass is 325 g/mol. The van der Waals surface area contributed by atoms with Crippen molar-refractivity contribution in [2.24, 2.45) is 0 Å². The summed E-state index contributed by atoms with van der Waals surface area (Å²) in [6.07, 6.45) is 0.808. The van der Waals surface area contributed by atoms with E-state index in [4.69, 9.17) is 9.84 Å². The first-order valence-electron chi connectivity index (χ1n) is 7.88. The molecule has 1 aliphatic heterocycles. The first kappa shape index (κ1) is 16.2. The van der Waals surface area contributed by atoms with Gasteiger partial charge in [-0.25, -0.2) is 0 Å². The number of rotatable bonds is 4. The Morgan fingerprint density at radius 3 is 2.79 bits per heavy atom. The smallest absolute Gasteiger partial charge is 0.310 e. The van der Waals surface area contributed by atoms with Crippen LogP contribution >= 0.6 is 0 Å². The number of carbonyl (C=O) groups is 2. The van der Waals surface area contributed by atoms with Crippen LogP contribution in [-0.2, 0) is 22.6 Å². The van der Waals surface area contributed by atoms with Crippen molar-refractivity contribution in [3.8, 4) is 0 Å². The Morgan fingerprint density at radius 2 is 2.00 bits per heavy atom. The fraction of sp³-hybridized carbons (Fsp3) is 0.263. The number of ether oxygens (including phenoxy) is 1. The molecule has 2 aromatic carbocycles. The third-order valence-electron chi connectivity index (χ3n) is 4.26. The molecule has 2 N–H and O–H groups in total. The molecule has 5 nitrogen and oxygen atoms in total. The fourth-order valence-corrected chi connectivity index (χ4v) is 2.74. The topological polar surface area (TPSA) is 75.6 Å². The molecule has 1 atom stereocenters. The maximum atomic E-state index is 12.5. The Balaban J connectivity index is 1.77. The molecule has 0 aliphatic carbocycles. The SMILES string of the molecule is CC(C(=O)O)c1cccc(NC(=O)c2ccc3c(c2)CCOC3)c1. The van der Waals surface area contributed by atoms with Crippen LogP contribution in [0.25, 0.3) is 0 Å². The van der Waals surface area contributed by atoms with Gasteiger partial charge in [0, 0.05) is 11.3 Å². The van der Waals surface area contributed by atoms with Gasteiger partial charge in [0.1, 0.15) is 0 Å². The largest absolute Gasteiger partial charge is 0.481 e. The molecule has 0 saturated heterocycles. The van der Waals surface area contributed by atoms with Crippen molar-refractivity contribution >= 4 is 17.6 Å². The van der Waals surface area contributed by atoms with E-state index < -0.39 is 11.9 Å². The van der Waals surface area contributed by atoms with Gasteiger partial charge in [0.25, 0.3) is 5.91 Å². The minimum atomic E-state index is -0.893. The molecule has 0 radical (unpaired) electrons. The van der Waals surface area contributed by atoms with E-state index >= 15 is 0 Å². The number of nitrogens with one attached hydrogen (secondary N) is 1. The number of fused-ring (bicyclic) bond motifs is 1. The molecule has 0 aromatic heterocycles. The van der Waals surface area contributed by atoms with Crippen molar-refractivity contribution in [3.63, 3.8) is 0 Å². The van der Waals surface area contributed by atoms with Gasteiger partial charge in [-0.3, -0.25) is 9.59 Å². The van der Waals surface area contributed by atoms with E-state index in [1.165, 1.54) is 0 Å². The van der Waals surface area contributed by atoms with Crippen molar-refractivity contribution in [3.05, 3.63) is 64.7 Å². The summed E-state index contributed by atoms with van der Waals surface area (Å²) >= 11 is 0. The maximum Gasteiger partial charge on any atom is 0.310 e. The normalized spacial score (nSPS) is 14.5. The number of carbonyl (C=O) groups excluding carboxylic acids is 1. The Kier molecular flexibility index (Phi) is 4.62. The van der Waals surface area contributed by atoms with Crippen molar-refractivity contribution in [1.29, 1.82) is 0 Å². The Hall–Kier alpha value is -2.66. The minimum Gasteiger partial charge on any atom is -0.481 e. The molecule has 1 heterocycles. The number of hydrogen-bond acceptors (Lipinski definition) is 3. The highest BCUT2D eigenvalue weighted by Gasteiger charge is 2.16. The van der Waals surface area contributed by atoms with E-state index in [0.29, 0.717) is 30.0 Å². The predicted molar refractivity (Wildman–Crippen MR) is 90.2 cm³/mol. The maximum absolute atomic E-state index is 12.5. The van der Waals surface area contributed by atoms with E-state index in [-0.39, 0.29) is 5.91 Å². The van der Waals surface area contributed by atoms with Crippen LogP contribution in [0.2, 0.25) is 0 Å². The highest BCUT2D eigenvalue weighted by molar-refractivity contribution is 6.04. The molecule has 5 heteroatoms. The first-order valence-corrected chi connectivity index (χ1v) is 7.88. The molecular formula is C19H19NO4. The molecular weight excluding hydrogens is 306 g/mol. The zero-order valence-electron chi connectivity index (χ0n) is 13.4. The van der Waals surface area contributed by atoms with Crippen molar-refractivity contribution in [1.82, 2.24) is 0 Å². The lowest BCUT2D eigenvalue weighted by Crippen LogP contribution is -2.15. The number of carboxylic acids is 1. The van der Waals surface area contributed by atoms with Gasteiger partial charge >= 0.3 is 5.97 Å². The summed E-state index contributed by atoms with van der Waals surface area (Å²) in [5, 5.41) is 11.9. The molecule has 2 aromatic rings. The Morgan fingerprint density at radius 1 is 1.17 bits per heavy atom. The van der Waals surface area contributed by atoms with E-state index in [9.17, 15) is 9.59 Å². The van der Waals surface area contributed by atoms with Gasteiger partial charge in [-0.15, -0.1) is 0 Å². The summed E-state index contributed by atoms with van der Waals surface area (Å²) in [5.41, 5.74) is 4.10. The van der Waals surface area contributed by atoms with E-state index in [2.05, 4.69) is 5.32 Å². The Labute approximate surface area is 140 Å². The molecule has 0 bridgehead atoms. The van der Waals surface area contributed by atoms with Crippen LogP contribution in [-0.4, -0.2) is 23.6 Å². The molecule has 3 rings (SSSR count). The number of anilines is 1. The molecule has 0 spiro atoms. The summed E-state index contributed by atoms with van der Waals surface area (Å²) in [7, 11) is 0. The second kappa shape index (κ2) is 6.84. The number of aliphatic carboxylic acids is 1. The van der Waals surface area contributed by atoms with Crippen molar-refractivity contribution in [2.75, 3.05) is 11.9 Å². The lowest BCUT2D eigenvalue weighted by atomic mass is 9.99. The first-order chi connectivity index (χ1) is 11.5. The zero-order valence-corrected chi connectivity index (χ0v) is 13.4. The van der Waals surface area contributed by atoms with Gasteiger partial charge < -0.3 is 15.2 Å². The van der Waals surface area contributed by atoms with Crippen molar-refractivity contribution in [2.45, 2.75) is 25.9 Å². The Bertz CT molecular complexity index is 785. The number of amides is 1. The van der Waals surface area contributed by atoms with Gasteiger partial charge in [0.05, 0.1) is 19.1 Å². The second-order valence-electron chi connectivity index (χ2n) is 5.93. The summed E-state index contributed by atoms with van der Waals surface area (Å²) in [6, 6.07) is 12.5. The second-order valence-corrected chi connectivity index (χ2v) is 5.93. The summed E-state index contributed by atoms with van der Waals surface area (Å²) in [5.74, 6) is -1.72. The average molecular weight is 325 g/mol. The van der Waals surface area contributed by atoms with Crippen LogP contribution in [0.15, 0.2) is 42.5 Å². The predicted octanol–water partition coefficient (Wildman–Crippen LogP) is 3.20. The van der Waals surface area contributed by atoms with Crippen LogP contribution in [0, 0.1) is 0 Å². The molecule has 24 heavy (non-hydrogen) atoms. The zero-order chi connectivity index (χ0) is 17.1. The fourth-order valence-electron chi connectivity index (χ4n) is 2.74. The number of benzene rings is 2. The number of carboxylic acid groups (broad SMARTS) is 1. The highest BCUT2D eigenvalue weighted by atomic mass is 16.5. The third-order valence-corrected chi connectivity index (χ3v) is 4.26. The van der Waals surface area contributed by atoms with Crippen LogP contribution in [0.1, 0.15) is 39.9 Å². The lowest BCUT2D eigenvalue weighted by molar-refractivity contribution is -0.138. The number of hydrogen-bond donors (Lipinski definition) is 2. The van der Waals surface area contributed by atoms with Gasteiger partial charge in [0.15, 0.2) is 0 Å². The van der Waals surface area contributed by atoms with Gasteiger partial charge in [0.2, 0.25) is 0 Å². The van der Waals surface area contributed by atoms with Gasteiger partial charge in [-0.1, -0.05) is 18.2 Å².